The molecule has 21 heavy (non-hydrogen) atoms. The number of benzene rings is 1. The van der Waals surface area contributed by atoms with E-state index in [9.17, 15) is 0 Å². The number of thiocarbonyl (C=S) groups is 1. The third kappa shape index (κ3) is 4.19. The molecule has 2 aromatic rings. The van der Waals surface area contributed by atoms with Crippen molar-refractivity contribution in [3.8, 4) is 0 Å². The minimum atomic E-state index is 0.668. The van der Waals surface area contributed by atoms with E-state index in [-0.39, 0.29) is 0 Å². The van der Waals surface area contributed by atoms with Crippen molar-refractivity contribution in [2.75, 3.05) is 12.4 Å². The molecule has 6 heteroatoms. The topological polar surface area (TPSA) is 33.1 Å². The van der Waals surface area contributed by atoms with Crippen molar-refractivity contribution in [2.45, 2.75) is 26.9 Å². The van der Waals surface area contributed by atoms with Gasteiger partial charge in [-0.1, -0.05) is 11.6 Å². The van der Waals surface area contributed by atoms with Crippen LogP contribution in [0.4, 0.5) is 5.69 Å². The summed E-state index contributed by atoms with van der Waals surface area (Å²) < 4.78 is 1.94. The van der Waals surface area contributed by atoms with Crippen LogP contribution in [-0.4, -0.2) is 26.8 Å². The number of anilines is 1. The number of aromatic nitrogens is 2. The molecule has 0 fully saturated rings. The monoisotopic (exact) mass is 322 g/mol. The zero-order valence-electron chi connectivity index (χ0n) is 12.4. The van der Waals surface area contributed by atoms with E-state index in [0.29, 0.717) is 10.1 Å². The summed E-state index contributed by atoms with van der Waals surface area (Å²) in [5.41, 5.74) is 3.15. The first kappa shape index (κ1) is 15.8. The van der Waals surface area contributed by atoms with Crippen molar-refractivity contribution in [1.82, 2.24) is 14.7 Å². The molecule has 1 heterocycles. The molecule has 0 bridgehead atoms. The molecule has 0 unspecified atom stereocenters. The first-order valence-corrected chi connectivity index (χ1v) is 7.59. The summed E-state index contributed by atoms with van der Waals surface area (Å²) in [6, 6.07) is 7.48. The molecule has 0 aliphatic heterocycles. The van der Waals surface area contributed by atoms with Crippen LogP contribution in [0.5, 0.6) is 0 Å². The Morgan fingerprint density at radius 1 is 1.38 bits per heavy atom. The summed E-state index contributed by atoms with van der Waals surface area (Å²) in [4.78, 5) is 1.99. The first-order valence-electron chi connectivity index (χ1n) is 6.80. The molecule has 1 aromatic carbocycles. The Labute approximate surface area is 135 Å². The van der Waals surface area contributed by atoms with Crippen LogP contribution in [0.15, 0.2) is 30.5 Å². The Hall–Kier alpha value is -1.59. The van der Waals surface area contributed by atoms with E-state index in [1.165, 1.54) is 5.56 Å². The third-order valence-corrected chi connectivity index (χ3v) is 3.89. The van der Waals surface area contributed by atoms with Gasteiger partial charge in [-0.05, 0) is 50.3 Å². The quantitative estimate of drug-likeness (QED) is 0.870. The molecule has 0 saturated heterocycles. The number of rotatable bonds is 4. The van der Waals surface area contributed by atoms with Gasteiger partial charge in [-0.3, -0.25) is 4.68 Å². The Morgan fingerprint density at radius 3 is 2.62 bits per heavy atom. The van der Waals surface area contributed by atoms with E-state index in [1.54, 1.807) is 0 Å². The lowest BCUT2D eigenvalue weighted by Gasteiger charge is -2.20. The number of halogens is 1. The first-order chi connectivity index (χ1) is 9.99. The average Bonchev–Trinajstić information content (AvgIpc) is 2.82. The minimum Gasteiger partial charge on any atom is -0.348 e. The predicted molar refractivity (Wildman–Crippen MR) is 91.8 cm³/mol. The Bertz CT molecular complexity index is 621. The normalized spacial score (nSPS) is 10.5. The van der Waals surface area contributed by atoms with Crippen molar-refractivity contribution in [3.63, 3.8) is 0 Å². The van der Waals surface area contributed by atoms with Gasteiger partial charge in [0.05, 0.1) is 5.69 Å². The molecule has 0 amide bonds. The number of nitrogens with zero attached hydrogens (tertiary/aromatic N) is 3. The SMILES string of the molecule is CCn1cc(CN(C)C(=S)Nc2ccc(Cl)cc2)c(C)n1. The van der Waals surface area contributed by atoms with Gasteiger partial charge < -0.3 is 10.2 Å². The Morgan fingerprint density at radius 2 is 2.05 bits per heavy atom. The molecule has 112 valence electrons. The molecule has 0 aliphatic rings. The van der Waals surface area contributed by atoms with Gasteiger partial charge >= 0.3 is 0 Å². The molecule has 0 spiro atoms. The molecule has 0 atom stereocenters. The van der Waals surface area contributed by atoms with E-state index < -0.39 is 0 Å². The fourth-order valence-electron chi connectivity index (χ4n) is 1.96. The maximum Gasteiger partial charge on any atom is 0.173 e. The fourth-order valence-corrected chi connectivity index (χ4v) is 2.26. The summed E-state index contributed by atoms with van der Waals surface area (Å²) >= 11 is 11.3. The lowest BCUT2D eigenvalue weighted by molar-refractivity contribution is 0.506. The number of aryl methyl sites for hydroxylation is 2. The average molecular weight is 323 g/mol. The fraction of sp³-hybridized carbons (Fsp3) is 0.333. The summed E-state index contributed by atoms with van der Waals surface area (Å²) in [7, 11) is 1.97. The summed E-state index contributed by atoms with van der Waals surface area (Å²) in [6.45, 7) is 5.70. The molecule has 2 rings (SSSR count). The van der Waals surface area contributed by atoms with Crippen LogP contribution in [-0.2, 0) is 13.1 Å². The lowest BCUT2D eigenvalue weighted by Crippen LogP contribution is -2.30. The third-order valence-electron chi connectivity index (χ3n) is 3.22. The summed E-state index contributed by atoms with van der Waals surface area (Å²) in [5, 5.41) is 9.03. The van der Waals surface area contributed by atoms with Crippen LogP contribution < -0.4 is 5.32 Å². The van der Waals surface area contributed by atoms with Crippen molar-refractivity contribution < 1.29 is 0 Å². The molecule has 4 nitrogen and oxygen atoms in total. The van der Waals surface area contributed by atoms with Gasteiger partial charge in [-0.25, -0.2) is 0 Å². The highest BCUT2D eigenvalue weighted by Crippen LogP contribution is 2.15. The number of hydrogen-bond acceptors (Lipinski definition) is 2. The van der Waals surface area contributed by atoms with Gasteiger partial charge in [-0.2, -0.15) is 5.10 Å². The van der Waals surface area contributed by atoms with E-state index in [4.69, 9.17) is 23.8 Å². The Balaban J connectivity index is 1.98. The summed E-state index contributed by atoms with van der Waals surface area (Å²) in [5.74, 6) is 0. The lowest BCUT2D eigenvalue weighted by atomic mass is 10.2. The second kappa shape index (κ2) is 6.91. The smallest absolute Gasteiger partial charge is 0.173 e. The van der Waals surface area contributed by atoms with Crippen LogP contribution >= 0.6 is 23.8 Å². The van der Waals surface area contributed by atoms with Gasteiger partial charge in [0, 0.05) is 42.6 Å². The van der Waals surface area contributed by atoms with Crippen molar-refractivity contribution >= 4 is 34.6 Å². The highest BCUT2D eigenvalue weighted by molar-refractivity contribution is 7.80. The van der Waals surface area contributed by atoms with Crippen molar-refractivity contribution in [3.05, 3.63) is 46.7 Å². The second-order valence-corrected chi connectivity index (χ2v) is 5.71. The van der Waals surface area contributed by atoms with E-state index in [1.807, 2.05) is 47.8 Å². The van der Waals surface area contributed by atoms with Crippen LogP contribution in [0.25, 0.3) is 0 Å². The second-order valence-electron chi connectivity index (χ2n) is 4.89. The van der Waals surface area contributed by atoms with Crippen LogP contribution in [0.3, 0.4) is 0 Å². The van der Waals surface area contributed by atoms with Gasteiger partial charge in [-0.15, -0.1) is 0 Å². The van der Waals surface area contributed by atoms with E-state index in [0.717, 1.165) is 24.5 Å². The minimum absolute atomic E-state index is 0.668. The van der Waals surface area contributed by atoms with E-state index in [2.05, 4.69) is 23.5 Å². The van der Waals surface area contributed by atoms with Gasteiger partial charge in [0.1, 0.15) is 0 Å². The maximum absolute atomic E-state index is 5.87. The van der Waals surface area contributed by atoms with Crippen LogP contribution in [0.2, 0.25) is 5.02 Å². The largest absolute Gasteiger partial charge is 0.348 e. The standard InChI is InChI=1S/C15H19ClN4S/c1-4-20-10-12(11(2)18-20)9-19(3)15(21)17-14-7-5-13(16)6-8-14/h5-8,10H,4,9H2,1-3H3,(H,17,21). The van der Waals surface area contributed by atoms with Gasteiger partial charge in [0.25, 0.3) is 0 Å². The molecule has 0 aliphatic carbocycles. The maximum atomic E-state index is 5.87. The van der Waals surface area contributed by atoms with Crippen LogP contribution in [0, 0.1) is 6.92 Å². The molecule has 1 aromatic heterocycles. The molecule has 0 saturated carbocycles. The number of nitrogens with one attached hydrogen (secondary N) is 1. The number of hydrogen-bond donors (Lipinski definition) is 1. The molecular formula is C15H19ClN4S. The highest BCUT2D eigenvalue weighted by Gasteiger charge is 2.10. The Kier molecular flexibility index (Phi) is 5.20. The highest BCUT2D eigenvalue weighted by atomic mass is 35.5. The zero-order valence-corrected chi connectivity index (χ0v) is 14.0. The predicted octanol–water partition coefficient (Wildman–Crippen LogP) is 3.69. The van der Waals surface area contributed by atoms with Crippen molar-refractivity contribution in [1.29, 1.82) is 0 Å². The summed E-state index contributed by atoms with van der Waals surface area (Å²) in [6.07, 6.45) is 2.07. The van der Waals surface area contributed by atoms with Crippen LogP contribution in [0.1, 0.15) is 18.2 Å². The van der Waals surface area contributed by atoms with E-state index >= 15 is 0 Å². The van der Waals surface area contributed by atoms with Crippen molar-refractivity contribution in [2.24, 2.45) is 0 Å². The molecular weight excluding hydrogens is 304 g/mol. The van der Waals surface area contributed by atoms with Gasteiger partial charge in [0.2, 0.25) is 0 Å². The zero-order chi connectivity index (χ0) is 15.4. The molecule has 0 radical (unpaired) electrons. The van der Waals surface area contributed by atoms with Gasteiger partial charge in [0.15, 0.2) is 5.11 Å². The molecule has 1 N–H and O–H groups in total.